The zero-order chi connectivity index (χ0) is 18.9. The first kappa shape index (κ1) is 20.4. The summed E-state index contributed by atoms with van der Waals surface area (Å²) >= 11 is 0. The monoisotopic (exact) mass is 379 g/mol. The predicted molar refractivity (Wildman–Crippen MR) is 108 cm³/mol. The Balaban J connectivity index is 1.44. The van der Waals surface area contributed by atoms with Crippen molar-refractivity contribution < 1.29 is 9.53 Å². The summed E-state index contributed by atoms with van der Waals surface area (Å²) in [5.41, 5.74) is 0. The number of aliphatic imine (C=N–C) groups is 1. The third-order valence-corrected chi connectivity index (χ3v) is 5.93. The van der Waals surface area contributed by atoms with Gasteiger partial charge in [0, 0.05) is 51.2 Å². The highest BCUT2D eigenvalue weighted by Gasteiger charge is 2.30. The van der Waals surface area contributed by atoms with Crippen LogP contribution in [0.3, 0.4) is 0 Å². The van der Waals surface area contributed by atoms with Crippen molar-refractivity contribution in [2.24, 2.45) is 4.99 Å². The minimum Gasteiger partial charge on any atom is -0.379 e. The van der Waals surface area contributed by atoms with E-state index in [2.05, 4.69) is 27.4 Å². The van der Waals surface area contributed by atoms with Crippen molar-refractivity contribution in [2.45, 2.75) is 64.0 Å². The van der Waals surface area contributed by atoms with Crippen LogP contribution in [0.4, 0.5) is 0 Å². The summed E-state index contributed by atoms with van der Waals surface area (Å²) in [4.78, 5) is 21.8. The van der Waals surface area contributed by atoms with Crippen LogP contribution in [0.25, 0.3) is 0 Å². The Morgan fingerprint density at radius 3 is 2.63 bits per heavy atom. The normalized spacial score (nSPS) is 25.6. The summed E-state index contributed by atoms with van der Waals surface area (Å²) in [5, 5.41) is 6.59. The van der Waals surface area contributed by atoms with Gasteiger partial charge in [0.2, 0.25) is 5.91 Å². The number of morpholine rings is 1. The van der Waals surface area contributed by atoms with Crippen molar-refractivity contribution in [2.75, 3.05) is 52.5 Å². The molecule has 1 unspecified atom stereocenters. The van der Waals surface area contributed by atoms with Crippen LogP contribution in [0.1, 0.15) is 51.9 Å². The Bertz CT molecular complexity index is 487. The topological polar surface area (TPSA) is 69.2 Å². The number of rotatable bonds is 6. The van der Waals surface area contributed by atoms with Crippen LogP contribution in [0, 0.1) is 0 Å². The fourth-order valence-corrected chi connectivity index (χ4v) is 4.41. The van der Waals surface area contributed by atoms with Crippen LogP contribution in [-0.2, 0) is 9.53 Å². The predicted octanol–water partition coefficient (Wildman–Crippen LogP) is 1.20. The lowest BCUT2D eigenvalue weighted by atomic mass is 9.95. The molecule has 27 heavy (non-hydrogen) atoms. The van der Waals surface area contributed by atoms with Crippen LogP contribution in [0.15, 0.2) is 4.99 Å². The molecule has 0 aromatic rings. The van der Waals surface area contributed by atoms with Gasteiger partial charge in [0.15, 0.2) is 5.96 Å². The molecule has 2 saturated heterocycles. The third-order valence-electron chi connectivity index (χ3n) is 5.93. The molecule has 1 amide bonds. The fourth-order valence-electron chi connectivity index (χ4n) is 4.41. The first-order chi connectivity index (χ1) is 13.3. The zero-order valence-electron chi connectivity index (χ0n) is 16.9. The quantitative estimate of drug-likeness (QED) is 0.536. The Labute approximate surface area is 163 Å². The van der Waals surface area contributed by atoms with Gasteiger partial charge in [-0.05, 0) is 26.2 Å². The summed E-state index contributed by atoms with van der Waals surface area (Å²) in [6.07, 6.45) is 7.71. The largest absolute Gasteiger partial charge is 0.379 e. The van der Waals surface area contributed by atoms with Crippen LogP contribution in [0.2, 0.25) is 0 Å². The second-order valence-electron chi connectivity index (χ2n) is 7.92. The van der Waals surface area contributed by atoms with E-state index in [-0.39, 0.29) is 5.91 Å². The second-order valence-corrected chi connectivity index (χ2v) is 7.92. The van der Waals surface area contributed by atoms with Gasteiger partial charge in [-0.15, -0.1) is 0 Å². The fraction of sp³-hybridized carbons (Fsp3) is 0.900. The molecule has 3 aliphatic rings. The molecule has 0 spiro atoms. The molecule has 2 N–H and O–H groups in total. The van der Waals surface area contributed by atoms with Crippen molar-refractivity contribution in [3.05, 3.63) is 0 Å². The molecule has 0 radical (unpaired) electrons. The highest BCUT2D eigenvalue weighted by atomic mass is 16.5. The van der Waals surface area contributed by atoms with Gasteiger partial charge in [0.1, 0.15) is 0 Å². The molecule has 0 aromatic heterocycles. The van der Waals surface area contributed by atoms with E-state index in [1.54, 1.807) is 0 Å². The zero-order valence-corrected chi connectivity index (χ0v) is 16.9. The maximum absolute atomic E-state index is 12.2. The number of hydrogen-bond acceptors (Lipinski definition) is 4. The lowest BCUT2D eigenvalue weighted by Gasteiger charge is -2.32. The molecular formula is C20H37N5O2. The van der Waals surface area contributed by atoms with Crippen molar-refractivity contribution in [1.82, 2.24) is 20.4 Å². The van der Waals surface area contributed by atoms with Gasteiger partial charge in [-0.25, -0.2) is 0 Å². The molecule has 0 aromatic carbocycles. The SMILES string of the molecule is CCNC(=NCCC(=O)NC1CCCCC1)N1CCC(N2CCOCC2)C1. The number of ether oxygens (including phenoxy) is 1. The summed E-state index contributed by atoms with van der Waals surface area (Å²) in [6.45, 7) is 9.32. The van der Waals surface area contributed by atoms with E-state index in [0.717, 1.165) is 64.7 Å². The molecule has 1 aliphatic carbocycles. The van der Waals surface area contributed by atoms with E-state index in [4.69, 9.17) is 9.73 Å². The van der Waals surface area contributed by atoms with Crippen molar-refractivity contribution in [3.63, 3.8) is 0 Å². The van der Waals surface area contributed by atoms with Gasteiger partial charge in [0.05, 0.1) is 19.8 Å². The van der Waals surface area contributed by atoms with Crippen molar-refractivity contribution in [3.8, 4) is 0 Å². The maximum atomic E-state index is 12.2. The minimum absolute atomic E-state index is 0.147. The van der Waals surface area contributed by atoms with Gasteiger partial charge in [-0.1, -0.05) is 19.3 Å². The van der Waals surface area contributed by atoms with Crippen molar-refractivity contribution in [1.29, 1.82) is 0 Å². The van der Waals surface area contributed by atoms with Crippen LogP contribution in [-0.4, -0.2) is 86.2 Å². The highest BCUT2D eigenvalue weighted by molar-refractivity contribution is 5.81. The minimum atomic E-state index is 0.147. The molecule has 3 rings (SSSR count). The van der Waals surface area contributed by atoms with Gasteiger partial charge in [-0.3, -0.25) is 14.7 Å². The molecule has 2 aliphatic heterocycles. The van der Waals surface area contributed by atoms with E-state index < -0.39 is 0 Å². The number of carbonyl (C=O) groups is 1. The van der Waals surface area contributed by atoms with Gasteiger partial charge < -0.3 is 20.3 Å². The molecule has 7 nitrogen and oxygen atoms in total. The average Bonchev–Trinajstić information content (AvgIpc) is 3.19. The van der Waals surface area contributed by atoms with Crippen LogP contribution in [0.5, 0.6) is 0 Å². The van der Waals surface area contributed by atoms with Crippen LogP contribution >= 0.6 is 0 Å². The van der Waals surface area contributed by atoms with Crippen LogP contribution < -0.4 is 10.6 Å². The van der Waals surface area contributed by atoms with E-state index >= 15 is 0 Å². The van der Waals surface area contributed by atoms with E-state index in [1.165, 1.54) is 25.7 Å². The number of amides is 1. The van der Waals surface area contributed by atoms with Gasteiger partial charge in [-0.2, -0.15) is 0 Å². The Hall–Kier alpha value is -1.34. The Kier molecular flexibility index (Phi) is 8.20. The average molecular weight is 380 g/mol. The number of hydrogen-bond donors (Lipinski definition) is 2. The number of carbonyl (C=O) groups excluding carboxylic acids is 1. The molecule has 1 atom stereocenters. The summed E-state index contributed by atoms with van der Waals surface area (Å²) in [7, 11) is 0. The lowest BCUT2D eigenvalue weighted by molar-refractivity contribution is -0.121. The third kappa shape index (κ3) is 6.35. The molecule has 7 heteroatoms. The lowest BCUT2D eigenvalue weighted by Crippen LogP contribution is -2.46. The maximum Gasteiger partial charge on any atom is 0.222 e. The first-order valence-electron chi connectivity index (χ1n) is 10.9. The molecule has 154 valence electrons. The second kappa shape index (κ2) is 10.9. The number of likely N-dealkylation sites (tertiary alicyclic amines) is 1. The van der Waals surface area contributed by atoms with Gasteiger partial charge in [0.25, 0.3) is 0 Å². The number of nitrogens with zero attached hydrogens (tertiary/aromatic N) is 3. The van der Waals surface area contributed by atoms with Gasteiger partial charge >= 0.3 is 0 Å². The molecule has 1 saturated carbocycles. The molecule has 0 bridgehead atoms. The Morgan fingerprint density at radius 1 is 1.11 bits per heavy atom. The molecule has 3 fully saturated rings. The first-order valence-corrected chi connectivity index (χ1v) is 10.9. The molecular weight excluding hydrogens is 342 g/mol. The summed E-state index contributed by atoms with van der Waals surface area (Å²) in [6, 6.07) is 0.976. The Morgan fingerprint density at radius 2 is 1.89 bits per heavy atom. The smallest absolute Gasteiger partial charge is 0.222 e. The summed E-state index contributed by atoms with van der Waals surface area (Å²) < 4.78 is 5.47. The van der Waals surface area contributed by atoms with E-state index in [9.17, 15) is 4.79 Å². The van der Waals surface area contributed by atoms with E-state index in [1.807, 2.05) is 0 Å². The standard InChI is InChI=1S/C20H37N5O2/c1-2-21-20(22-10-8-19(26)23-17-6-4-3-5-7-17)25-11-9-18(16-25)24-12-14-27-15-13-24/h17-18H,2-16H2,1H3,(H,21,22)(H,23,26). The molecule has 2 heterocycles. The number of guanidine groups is 1. The van der Waals surface area contributed by atoms with E-state index in [0.29, 0.717) is 25.0 Å². The van der Waals surface area contributed by atoms with Crippen molar-refractivity contribution >= 4 is 11.9 Å². The number of nitrogens with one attached hydrogen (secondary N) is 2. The summed E-state index contributed by atoms with van der Waals surface area (Å²) in [5.74, 6) is 1.10. The highest BCUT2D eigenvalue weighted by Crippen LogP contribution is 2.18.